The first-order chi connectivity index (χ1) is 13.7. The molecule has 0 aliphatic carbocycles. The number of nitrogens with one attached hydrogen (secondary N) is 1. The van der Waals surface area contributed by atoms with Gasteiger partial charge < -0.3 is 5.32 Å². The van der Waals surface area contributed by atoms with Crippen LogP contribution in [0.25, 0.3) is 11.3 Å². The molecule has 3 aromatic carbocycles. The molecule has 0 radical (unpaired) electrons. The Kier molecular flexibility index (Phi) is 5.04. The summed E-state index contributed by atoms with van der Waals surface area (Å²) in [6.07, 6.45) is 0. The summed E-state index contributed by atoms with van der Waals surface area (Å²) in [4.78, 5) is 18.0. The minimum absolute atomic E-state index is 0.0983. The minimum Gasteiger partial charge on any atom is -0.301 e. The van der Waals surface area contributed by atoms with E-state index in [-0.39, 0.29) is 5.91 Å². The highest BCUT2D eigenvalue weighted by molar-refractivity contribution is 7.14. The number of thiazole rings is 1. The number of carbonyl (C=O) groups is 1. The summed E-state index contributed by atoms with van der Waals surface area (Å²) in [7, 11) is 0. The number of hydrogen-bond donors (Lipinski definition) is 1. The molecule has 0 saturated carbocycles. The van der Waals surface area contributed by atoms with Crippen LogP contribution in [0.4, 0.5) is 5.13 Å². The molecule has 0 aliphatic heterocycles. The molecular formula is C24H20N2OS. The normalized spacial score (nSPS) is 11.2. The molecule has 0 atom stereocenters. The first kappa shape index (κ1) is 18.1. The number of carbonyl (C=O) groups excluding carboxylic acids is 1. The van der Waals surface area contributed by atoms with Crippen molar-refractivity contribution in [3.63, 3.8) is 0 Å². The van der Waals surface area contributed by atoms with Gasteiger partial charge in [0.15, 0.2) is 5.13 Å². The second kappa shape index (κ2) is 7.79. The fraction of sp³-hybridized carbons (Fsp3) is 0.0833. The van der Waals surface area contributed by atoms with Crippen molar-refractivity contribution in [1.29, 1.82) is 0 Å². The molecule has 28 heavy (non-hydrogen) atoms. The molecule has 1 aromatic heterocycles. The highest BCUT2D eigenvalue weighted by Gasteiger charge is 2.37. The average Bonchev–Trinajstić information content (AvgIpc) is 3.23. The lowest BCUT2D eigenvalue weighted by atomic mass is 9.75. The lowest BCUT2D eigenvalue weighted by molar-refractivity contribution is -0.119. The van der Waals surface area contributed by atoms with E-state index >= 15 is 0 Å². The van der Waals surface area contributed by atoms with E-state index < -0.39 is 5.41 Å². The van der Waals surface area contributed by atoms with E-state index in [1.807, 2.05) is 103 Å². The van der Waals surface area contributed by atoms with E-state index in [2.05, 4.69) is 10.3 Å². The fourth-order valence-electron chi connectivity index (χ4n) is 3.27. The van der Waals surface area contributed by atoms with Crippen LogP contribution in [0.3, 0.4) is 0 Å². The molecule has 1 heterocycles. The highest BCUT2D eigenvalue weighted by Crippen LogP contribution is 2.34. The lowest BCUT2D eigenvalue weighted by Gasteiger charge is -2.29. The molecule has 0 saturated heterocycles. The van der Waals surface area contributed by atoms with Gasteiger partial charge in [-0.25, -0.2) is 4.98 Å². The molecule has 0 bridgehead atoms. The summed E-state index contributed by atoms with van der Waals surface area (Å²) in [5, 5.41) is 5.60. The van der Waals surface area contributed by atoms with Crippen molar-refractivity contribution < 1.29 is 4.79 Å². The zero-order valence-electron chi connectivity index (χ0n) is 15.5. The van der Waals surface area contributed by atoms with Gasteiger partial charge in [-0.1, -0.05) is 91.0 Å². The Hall–Kier alpha value is -3.24. The van der Waals surface area contributed by atoms with Crippen LogP contribution >= 0.6 is 11.3 Å². The molecule has 1 amide bonds. The van der Waals surface area contributed by atoms with Crippen molar-refractivity contribution in [2.24, 2.45) is 0 Å². The Balaban J connectivity index is 1.67. The molecule has 0 fully saturated rings. The molecule has 138 valence electrons. The van der Waals surface area contributed by atoms with E-state index in [9.17, 15) is 4.79 Å². The van der Waals surface area contributed by atoms with Gasteiger partial charge in [-0.2, -0.15) is 0 Å². The number of hydrogen-bond acceptors (Lipinski definition) is 3. The number of benzene rings is 3. The number of anilines is 1. The van der Waals surface area contributed by atoms with Crippen molar-refractivity contribution in [2.45, 2.75) is 12.3 Å². The largest absolute Gasteiger partial charge is 0.301 e. The van der Waals surface area contributed by atoms with Crippen LogP contribution in [0.2, 0.25) is 0 Å². The van der Waals surface area contributed by atoms with Crippen LogP contribution in [-0.2, 0) is 10.2 Å². The molecule has 0 spiro atoms. The summed E-state index contributed by atoms with van der Waals surface area (Å²) >= 11 is 1.44. The molecule has 4 rings (SSSR count). The van der Waals surface area contributed by atoms with Crippen LogP contribution in [-0.4, -0.2) is 10.9 Å². The Morgan fingerprint density at radius 1 is 0.821 bits per heavy atom. The summed E-state index contributed by atoms with van der Waals surface area (Å²) in [5.41, 5.74) is 2.97. The van der Waals surface area contributed by atoms with Gasteiger partial charge in [0.1, 0.15) is 0 Å². The van der Waals surface area contributed by atoms with E-state index in [0.717, 1.165) is 22.4 Å². The van der Waals surface area contributed by atoms with Gasteiger partial charge in [-0.3, -0.25) is 4.79 Å². The van der Waals surface area contributed by atoms with Crippen LogP contribution < -0.4 is 5.32 Å². The van der Waals surface area contributed by atoms with E-state index in [1.54, 1.807) is 0 Å². The van der Waals surface area contributed by atoms with Crippen LogP contribution in [0.1, 0.15) is 18.1 Å². The molecule has 0 aliphatic rings. The van der Waals surface area contributed by atoms with Gasteiger partial charge in [0.05, 0.1) is 11.1 Å². The highest BCUT2D eigenvalue weighted by atomic mass is 32.1. The number of nitrogens with zero attached hydrogens (tertiary/aromatic N) is 1. The van der Waals surface area contributed by atoms with Crippen molar-refractivity contribution in [3.8, 4) is 11.3 Å². The zero-order valence-corrected chi connectivity index (χ0v) is 16.3. The predicted octanol–water partition coefficient (Wildman–Crippen LogP) is 5.75. The average molecular weight is 385 g/mol. The Labute approximate surface area is 168 Å². The number of aromatic nitrogens is 1. The first-order valence-corrected chi connectivity index (χ1v) is 9.99. The predicted molar refractivity (Wildman–Crippen MR) is 116 cm³/mol. The Morgan fingerprint density at radius 3 is 1.86 bits per heavy atom. The van der Waals surface area contributed by atoms with Gasteiger partial charge in [-0.15, -0.1) is 11.3 Å². The molecule has 4 heteroatoms. The lowest BCUT2D eigenvalue weighted by Crippen LogP contribution is -2.38. The standard InChI is InChI=1S/C24H20N2OS/c1-24(19-13-7-3-8-14-19,20-15-9-4-10-16-20)22(27)26-23-25-21(17-28-23)18-11-5-2-6-12-18/h2-17H,1H3,(H,25,26,27). The summed E-state index contributed by atoms with van der Waals surface area (Å²) < 4.78 is 0. The van der Waals surface area contributed by atoms with Crippen LogP contribution in [0, 0.1) is 0 Å². The van der Waals surface area contributed by atoms with E-state index in [4.69, 9.17) is 0 Å². The van der Waals surface area contributed by atoms with E-state index in [0.29, 0.717) is 5.13 Å². The Morgan fingerprint density at radius 2 is 1.32 bits per heavy atom. The van der Waals surface area contributed by atoms with Gasteiger partial charge >= 0.3 is 0 Å². The fourth-order valence-corrected chi connectivity index (χ4v) is 3.98. The monoisotopic (exact) mass is 384 g/mol. The molecule has 4 aromatic rings. The van der Waals surface area contributed by atoms with Gasteiger partial charge in [0, 0.05) is 10.9 Å². The second-order valence-corrected chi connectivity index (χ2v) is 7.57. The summed E-state index contributed by atoms with van der Waals surface area (Å²) in [5.74, 6) is -0.0983. The molecule has 1 N–H and O–H groups in total. The summed E-state index contributed by atoms with van der Waals surface area (Å²) in [6.45, 7) is 1.96. The van der Waals surface area contributed by atoms with Crippen molar-refractivity contribution in [1.82, 2.24) is 4.98 Å². The van der Waals surface area contributed by atoms with Crippen molar-refractivity contribution in [2.75, 3.05) is 5.32 Å². The van der Waals surface area contributed by atoms with Gasteiger partial charge in [0.25, 0.3) is 0 Å². The van der Waals surface area contributed by atoms with Gasteiger partial charge in [-0.05, 0) is 18.1 Å². The topological polar surface area (TPSA) is 42.0 Å². The first-order valence-electron chi connectivity index (χ1n) is 9.11. The maximum Gasteiger partial charge on any atom is 0.240 e. The maximum atomic E-state index is 13.4. The second-order valence-electron chi connectivity index (χ2n) is 6.72. The van der Waals surface area contributed by atoms with Crippen LogP contribution in [0.5, 0.6) is 0 Å². The smallest absolute Gasteiger partial charge is 0.240 e. The third-order valence-corrected chi connectivity index (χ3v) is 5.71. The zero-order chi connectivity index (χ0) is 19.4. The minimum atomic E-state index is -0.818. The van der Waals surface area contributed by atoms with Gasteiger partial charge in [0.2, 0.25) is 5.91 Å². The molecule has 3 nitrogen and oxygen atoms in total. The third-order valence-electron chi connectivity index (χ3n) is 4.95. The Bertz CT molecular complexity index is 1020. The number of amides is 1. The van der Waals surface area contributed by atoms with Crippen molar-refractivity contribution >= 4 is 22.4 Å². The molecule has 0 unspecified atom stereocenters. The SMILES string of the molecule is CC(C(=O)Nc1nc(-c2ccccc2)cs1)(c1ccccc1)c1ccccc1. The van der Waals surface area contributed by atoms with Crippen LogP contribution in [0.15, 0.2) is 96.4 Å². The quantitative estimate of drug-likeness (QED) is 0.476. The number of rotatable bonds is 5. The maximum absolute atomic E-state index is 13.4. The van der Waals surface area contributed by atoms with E-state index in [1.165, 1.54) is 11.3 Å². The third kappa shape index (κ3) is 3.47. The van der Waals surface area contributed by atoms with Crippen molar-refractivity contribution in [3.05, 3.63) is 108 Å². The molecular weight excluding hydrogens is 364 g/mol. The summed E-state index contributed by atoms with van der Waals surface area (Å²) in [6, 6.07) is 29.7.